The second-order valence-corrected chi connectivity index (χ2v) is 2.95. The second-order valence-electron chi connectivity index (χ2n) is 2.95. The molecule has 0 aromatic rings. The Balaban J connectivity index is 4.48. The quantitative estimate of drug-likeness (QED) is 0.494. The first-order valence-corrected chi connectivity index (χ1v) is 4.19. The van der Waals surface area contributed by atoms with Crippen molar-refractivity contribution >= 4 is 11.9 Å². The van der Waals surface area contributed by atoms with E-state index in [0.29, 0.717) is 17.2 Å². The predicted molar refractivity (Wildman–Crippen MR) is 59.5 cm³/mol. The number of hydrogen-bond acceptors (Lipinski definition) is 2. The summed E-state index contributed by atoms with van der Waals surface area (Å²) >= 11 is 0. The van der Waals surface area contributed by atoms with Gasteiger partial charge in [-0.1, -0.05) is 33.1 Å². The van der Waals surface area contributed by atoms with Crippen molar-refractivity contribution in [3.05, 3.63) is 37.1 Å². The van der Waals surface area contributed by atoms with Crippen LogP contribution in [0.2, 0.25) is 0 Å². The van der Waals surface area contributed by atoms with Gasteiger partial charge in [0.2, 0.25) is 0 Å². The maximum atomic E-state index is 7.45. The summed E-state index contributed by atoms with van der Waals surface area (Å²) in [6.07, 6.45) is 6.51. The molecule has 0 rings (SSSR count). The molecule has 0 atom stereocenters. The summed E-state index contributed by atoms with van der Waals surface area (Å²) in [4.78, 5) is 4.06. The van der Waals surface area contributed by atoms with Crippen LogP contribution >= 0.6 is 0 Å². The molecule has 0 saturated carbocycles. The van der Waals surface area contributed by atoms with Gasteiger partial charge in [-0.3, -0.25) is 4.99 Å². The largest absolute Gasteiger partial charge is 0.300 e. The summed E-state index contributed by atoms with van der Waals surface area (Å²) in [7, 11) is 0. The van der Waals surface area contributed by atoms with E-state index >= 15 is 0 Å². The Labute approximate surface area is 79.9 Å². The highest BCUT2D eigenvalue weighted by atomic mass is 14.7. The van der Waals surface area contributed by atoms with Gasteiger partial charge >= 0.3 is 0 Å². The summed E-state index contributed by atoms with van der Waals surface area (Å²) in [5.74, 6) is 0.417. The molecule has 0 unspecified atom stereocenters. The highest BCUT2D eigenvalue weighted by Gasteiger charge is 1.93. The lowest BCUT2D eigenvalue weighted by Gasteiger charge is -1.96. The fourth-order valence-electron chi connectivity index (χ4n) is 0.646. The summed E-state index contributed by atoms with van der Waals surface area (Å²) in [5, 5.41) is 7.45. The maximum absolute atomic E-state index is 7.45. The van der Waals surface area contributed by atoms with Gasteiger partial charge in [-0.05, 0) is 12.0 Å². The molecule has 0 aromatic heterocycles. The Morgan fingerprint density at radius 2 is 1.92 bits per heavy atom. The molecule has 2 nitrogen and oxygen atoms in total. The highest BCUT2D eigenvalue weighted by molar-refractivity contribution is 6.07. The molecule has 0 spiro atoms. The molecule has 0 fully saturated rings. The van der Waals surface area contributed by atoms with Crippen LogP contribution in [0.15, 0.2) is 42.1 Å². The van der Waals surface area contributed by atoms with E-state index in [9.17, 15) is 0 Å². The first-order chi connectivity index (χ1) is 6.11. The van der Waals surface area contributed by atoms with Gasteiger partial charge in [0, 0.05) is 18.0 Å². The molecule has 1 N–H and O–H groups in total. The third kappa shape index (κ3) is 4.90. The number of allylic oxidation sites excluding steroid dienone is 3. The Morgan fingerprint density at radius 1 is 1.31 bits per heavy atom. The molecule has 0 amide bonds. The lowest BCUT2D eigenvalue weighted by atomic mass is 10.2. The summed E-state index contributed by atoms with van der Waals surface area (Å²) in [5.41, 5.74) is 1.03. The zero-order chi connectivity index (χ0) is 10.3. The molecule has 0 aliphatic heterocycles. The Kier molecular flexibility index (Phi) is 5.44. The average Bonchev–Trinajstić information content (AvgIpc) is 2.11. The van der Waals surface area contributed by atoms with Crippen LogP contribution < -0.4 is 0 Å². The van der Waals surface area contributed by atoms with Crippen molar-refractivity contribution in [3.63, 3.8) is 0 Å². The minimum Gasteiger partial charge on any atom is -0.300 e. The normalized spacial score (nSPS) is 12.1. The number of nitrogens with zero attached hydrogens (tertiary/aromatic N) is 1. The molecule has 0 heterocycles. The topological polar surface area (TPSA) is 36.2 Å². The van der Waals surface area contributed by atoms with E-state index in [1.165, 1.54) is 6.08 Å². The first kappa shape index (κ1) is 11.6. The minimum absolute atomic E-state index is 0.343. The van der Waals surface area contributed by atoms with Crippen molar-refractivity contribution in [2.75, 3.05) is 0 Å². The van der Waals surface area contributed by atoms with Crippen molar-refractivity contribution in [3.8, 4) is 0 Å². The van der Waals surface area contributed by atoms with Crippen LogP contribution in [0, 0.1) is 11.3 Å². The van der Waals surface area contributed by atoms with E-state index in [1.54, 1.807) is 12.3 Å². The third-order valence-corrected chi connectivity index (χ3v) is 1.33. The van der Waals surface area contributed by atoms with Crippen LogP contribution in [0.1, 0.15) is 13.8 Å². The molecule has 0 radical (unpaired) electrons. The zero-order valence-electron chi connectivity index (χ0n) is 8.25. The van der Waals surface area contributed by atoms with Crippen LogP contribution in [-0.4, -0.2) is 11.9 Å². The first-order valence-electron chi connectivity index (χ1n) is 4.19. The SMILES string of the molecule is C=CC(=N)/C(C=C)=C\N=CC(C)C. The molecule has 0 aliphatic rings. The fourth-order valence-corrected chi connectivity index (χ4v) is 0.646. The number of aliphatic imine (C=N–C) groups is 1. The Morgan fingerprint density at radius 3 is 2.31 bits per heavy atom. The molecular weight excluding hydrogens is 160 g/mol. The summed E-state index contributed by atoms with van der Waals surface area (Å²) in [6.45, 7) is 11.2. The average molecular weight is 176 g/mol. The molecule has 70 valence electrons. The fraction of sp³-hybridized carbons (Fsp3) is 0.273. The monoisotopic (exact) mass is 176 g/mol. The van der Waals surface area contributed by atoms with E-state index in [2.05, 4.69) is 18.2 Å². The van der Waals surface area contributed by atoms with Crippen LogP contribution in [0.3, 0.4) is 0 Å². The van der Waals surface area contributed by atoms with Crippen molar-refractivity contribution in [1.82, 2.24) is 0 Å². The molecule has 0 saturated heterocycles. The number of rotatable bonds is 5. The van der Waals surface area contributed by atoms with E-state index in [0.717, 1.165) is 0 Å². The lowest BCUT2D eigenvalue weighted by molar-refractivity contribution is 0.907. The van der Waals surface area contributed by atoms with Gasteiger partial charge in [0.25, 0.3) is 0 Å². The van der Waals surface area contributed by atoms with E-state index in [1.807, 2.05) is 20.1 Å². The van der Waals surface area contributed by atoms with Crippen LogP contribution in [0.4, 0.5) is 0 Å². The Bertz CT molecular complexity index is 257. The molecule has 2 heteroatoms. The maximum Gasteiger partial charge on any atom is 0.0621 e. The minimum atomic E-state index is 0.343. The summed E-state index contributed by atoms with van der Waals surface area (Å²) < 4.78 is 0. The van der Waals surface area contributed by atoms with Gasteiger partial charge in [-0.2, -0.15) is 0 Å². The van der Waals surface area contributed by atoms with Crippen molar-refractivity contribution < 1.29 is 0 Å². The standard InChI is InChI=1S/C11H16N2/c1-5-10(11(12)6-2)8-13-7-9(3)4/h5-9,12H,1-2H2,3-4H3/b10-8-,12-11?,13-7?. The van der Waals surface area contributed by atoms with Gasteiger partial charge in [0.05, 0.1) is 5.71 Å². The van der Waals surface area contributed by atoms with Crippen molar-refractivity contribution in [1.29, 1.82) is 5.41 Å². The van der Waals surface area contributed by atoms with Gasteiger partial charge in [-0.15, -0.1) is 0 Å². The van der Waals surface area contributed by atoms with E-state index < -0.39 is 0 Å². The lowest BCUT2D eigenvalue weighted by Crippen LogP contribution is -1.93. The van der Waals surface area contributed by atoms with Crippen LogP contribution in [0.5, 0.6) is 0 Å². The Hall–Kier alpha value is -1.44. The highest BCUT2D eigenvalue weighted by Crippen LogP contribution is 1.99. The van der Waals surface area contributed by atoms with Crippen molar-refractivity contribution in [2.45, 2.75) is 13.8 Å². The molecule has 13 heavy (non-hydrogen) atoms. The van der Waals surface area contributed by atoms with Gasteiger partial charge in [0.1, 0.15) is 0 Å². The molecule has 0 aliphatic carbocycles. The van der Waals surface area contributed by atoms with E-state index in [-0.39, 0.29) is 0 Å². The number of hydrogen-bond donors (Lipinski definition) is 1. The molecular formula is C11H16N2. The third-order valence-electron chi connectivity index (χ3n) is 1.33. The predicted octanol–water partition coefficient (Wildman–Crippen LogP) is 2.99. The van der Waals surface area contributed by atoms with Crippen LogP contribution in [0.25, 0.3) is 0 Å². The van der Waals surface area contributed by atoms with Crippen LogP contribution in [-0.2, 0) is 0 Å². The van der Waals surface area contributed by atoms with Gasteiger partial charge in [-0.25, -0.2) is 0 Å². The summed E-state index contributed by atoms with van der Waals surface area (Å²) in [6, 6.07) is 0. The van der Waals surface area contributed by atoms with Gasteiger partial charge < -0.3 is 5.41 Å². The smallest absolute Gasteiger partial charge is 0.0621 e. The molecule has 0 aromatic carbocycles. The zero-order valence-corrected chi connectivity index (χ0v) is 8.25. The molecule has 0 bridgehead atoms. The second kappa shape index (κ2) is 6.12. The van der Waals surface area contributed by atoms with Crippen molar-refractivity contribution in [2.24, 2.45) is 10.9 Å². The number of nitrogens with one attached hydrogen (secondary N) is 1. The van der Waals surface area contributed by atoms with E-state index in [4.69, 9.17) is 5.41 Å². The van der Waals surface area contributed by atoms with Gasteiger partial charge in [0.15, 0.2) is 0 Å².